The highest BCUT2D eigenvalue weighted by Crippen LogP contribution is 2.35. The van der Waals surface area contributed by atoms with E-state index < -0.39 is 24.1 Å². The summed E-state index contributed by atoms with van der Waals surface area (Å²) in [6, 6.07) is 11.4. The molecule has 0 saturated heterocycles. The SMILES string of the molecule is COc1cc([C@@H](OC(C)=O)[C@@H](COC(C)=O)Oc2ccccc2OC)ccc1O. The lowest BCUT2D eigenvalue weighted by molar-refractivity contribution is -0.157. The van der Waals surface area contributed by atoms with Crippen molar-refractivity contribution in [1.82, 2.24) is 0 Å². The Morgan fingerprint density at radius 1 is 0.931 bits per heavy atom. The van der Waals surface area contributed by atoms with Crippen LogP contribution in [0, 0.1) is 0 Å². The molecule has 2 rings (SSSR count). The summed E-state index contributed by atoms with van der Waals surface area (Å²) in [4.78, 5) is 23.2. The van der Waals surface area contributed by atoms with Crippen LogP contribution in [0.4, 0.5) is 0 Å². The molecule has 8 nitrogen and oxygen atoms in total. The molecule has 2 aromatic rings. The zero-order valence-corrected chi connectivity index (χ0v) is 16.7. The average Bonchev–Trinajstić information content (AvgIpc) is 2.70. The lowest BCUT2D eigenvalue weighted by Gasteiger charge is -2.28. The maximum Gasteiger partial charge on any atom is 0.303 e. The molecule has 156 valence electrons. The minimum Gasteiger partial charge on any atom is -0.504 e. The van der Waals surface area contributed by atoms with Gasteiger partial charge >= 0.3 is 11.9 Å². The maximum atomic E-state index is 11.8. The molecular weight excluding hydrogens is 380 g/mol. The van der Waals surface area contributed by atoms with E-state index in [2.05, 4.69) is 0 Å². The van der Waals surface area contributed by atoms with E-state index in [9.17, 15) is 14.7 Å². The fourth-order valence-electron chi connectivity index (χ4n) is 2.67. The first-order valence-corrected chi connectivity index (χ1v) is 8.82. The first-order valence-electron chi connectivity index (χ1n) is 8.82. The second-order valence-corrected chi connectivity index (χ2v) is 6.07. The summed E-state index contributed by atoms with van der Waals surface area (Å²) < 4.78 is 27.1. The summed E-state index contributed by atoms with van der Waals surface area (Å²) in [6.45, 7) is 2.34. The molecule has 0 aliphatic rings. The Kier molecular flexibility index (Phi) is 7.70. The number of aromatic hydroxyl groups is 1. The molecule has 0 amide bonds. The second-order valence-electron chi connectivity index (χ2n) is 6.07. The van der Waals surface area contributed by atoms with Gasteiger partial charge in [-0.2, -0.15) is 0 Å². The van der Waals surface area contributed by atoms with Crippen LogP contribution in [0.2, 0.25) is 0 Å². The van der Waals surface area contributed by atoms with Gasteiger partial charge in [-0.3, -0.25) is 9.59 Å². The summed E-state index contributed by atoms with van der Waals surface area (Å²) in [7, 11) is 2.90. The first kappa shape index (κ1) is 21.9. The largest absolute Gasteiger partial charge is 0.504 e. The number of phenols is 1. The second kappa shape index (κ2) is 10.2. The Labute approximate surface area is 168 Å². The molecule has 1 N–H and O–H groups in total. The number of esters is 2. The van der Waals surface area contributed by atoms with Gasteiger partial charge in [0.25, 0.3) is 0 Å². The molecule has 0 aliphatic carbocycles. The monoisotopic (exact) mass is 404 g/mol. The third-order valence-corrected chi connectivity index (χ3v) is 3.96. The summed E-state index contributed by atoms with van der Waals surface area (Å²) >= 11 is 0. The van der Waals surface area contributed by atoms with Gasteiger partial charge in [0.1, 0.15) is 6.61 Å². The Hall–Kier alpha value is -3.42. The molecule has 0 bridgehead atoms. The number of para-hydroxylation sites is 2. The molecule has 0 aromatic heterocycles. The van der Waals surface area contributed by atoms with Crippen molar-refractivity contribution < 1.29 is 38.4 Å². The molecule has 0 saturated carbocycles. The molecule has 8 heteroatoms. The molecule has 0 unspecified atom stereocenters. The van der Waals surface area contributed by atoms with Gasteiger partial charge in [0, 0.05) is 19.4 Å². The van der Waals surface area contributed by atoms with E-state index in [0.29, 0.717) is 17.1 Å². The van der Waals surface area contributed by atoms with Crippen LogP contribution in [0.15, 0.2) is 42.5 Å². The van der Waals surface area contributed by atoms with E-state index >= 15 is 0 Å². The lowest BCUT2D eigenvalue weighted by Crippen LogP contribution is -2.34. The Morgan fingerprint density at radius 2 is 1.59 bits per heavy atom. The van der Waals surface area contributed by atoms with Crippen LogP contribution in [-0.2, 0) is 19.1 Å². The maximum absolute atomic E-state index is 11.8. The van der Waals surface area contributed by atoms with Crippen LogP contribution in [0.5, 0.6) is 23.0 Å². The van der Waals surface area contributed by atoms with Gasteiger partial charge in [-0.05, 0) is 24.3 Å². The van der Waals surface area contributed by atoms with Crippen molar-refractivity contribution in [3.63, 3.8) is 0 Å². The van der Waals surface area contributed by atoms with E-state index in [4.69, 9.17) is 23.7 Å². The molecular formula is C21H24O8. The topological polar surface area (TPSA) is 101 Å². The summed E-state index contributed by atoms with van der Waals surface area (Å²) in [6.07, 6.45) is -1.85. The van der Waals surface area contributed by atoms with Crippen molar-refractivity contribution in [2.24, 2.45) is 0 Å². The molecule has 0 aliphatic heterocycles. The Balaban J connectivity index is 2.45. The number of hydrogen-bond acceptors (Lipinski definition) is 8. The predicted molar refractivity (Wildman–Crippen MR) is 103 cm³/mol. The van der Waals surface area contributed by atoms with Crippen molar-refractivity contribution in [2.45, 2.75) is 26.1 Å². The molecule has 0 fully saturated rings. The molecule has 0 radical (unpaired) electrons. The fourth-order valence-corrected chi connectivity index (χ4v) is 2.67. The first-order chi connectivity index (χ1) is 13.8. The standard InChI is InChI=1S/C21H24O8/c1-13(22)27-12-20(29-18-8-6-5-7-17(18)25-3)21(28-14(2)23)15-9-10-16(24)19(11-15)26-4/h5-11,20-21,24H,12H2,1-4H3/t20-,21-/m1/s1. The van der Waals surface area contributed by atoms with Gasteiger partial charge in [-0.25, -0.2) is 0 Å². The zero-order chi connectivity index (χ0) is 21.4. The van der Waals surface area contributed by atoms with Gasteiger partial charge in [0.05, 0.1) is 14.2 Å². The van der Waals surface area contributed by atoms with E-state index in [-0.39, 0.29) is 18.1 Å². The van der Waals surface area contributed by atoms with E-state index in [1.165, 1.54) is 40.2 Å². The van der Waals surface area contributed by atoms with E-state index in [0.717, 1.165) is 0 Å². The van der Waals surface area contributed by atoms with Crippen molar-refractivity contribution in [3.8, 4) is 23.0 Å². The van der Waals surface area contributed by atoms with Crippen molar-refractivity contribution >= 4 is 11.9 Å². The molecule has 2 atom stereocenters. The van der Waals surface area contributed by atoms with Crippen LogP contribution in [0.25, 0.3) is 0 Å². The number of hydrogen-bond donors (Lipinski definition) is 1. The van der Waals surface area contributed by atoms with E-state index in [1.54, 1.807) is 30.3 Å². The van der Waals surface area contributed by atoms with Crippen LogP contribution in [-0.4, -0.2) is 44.0 Å². The molecule has 0 spiro atoms. The number of benzene rings is 2. The van der Waals surface area contributed by atoms with Gasteiger partial charge in [-0.15, -0.1) is 0 Å². The van der Waals surface area contributed by atoms with Crippen LogP contribution in [0.1, 0.15) is 25.5 Å². The summed E-state index contributed by atoms with van der Waals surface area (Å²) in [5.74, 6) is -0.0922. The number of carbonyl (C=O) groups is 2. The third-order valence-electron chi connectivity index (χ3n) is 3.96. The normalized spacial score (nSPS) is 12.4. The van der Waals surface area contributed by atoms with Crippen molar-refractivity contribution in [2.75, 3.05) is 20.8 Å². The summed E-state index contributed by atoms with van der Waals surface area (Å²) in [5, 5.41) is 9.87. The highest BCUT2D eigenvalue weighted by Gasteiger charge is 2.31. The Morgan fingerprint density at radius 3 is 2.17 bits per heavy atom. The number of methoxy groups -OCH3 is 2. The molecule has 0 heterocycles. The van der Waals surface area contributed by atoms with Crippen LogP contribution in [0.3, 0.4) is 0 Å². The number of carbonyl (C=O) groups excluding carboxylic acids is 2. The minimum atomic E-state index is -0.953. The third kappa shape index (κ3) is 6.03. The van der Waals surface area contributed by atoms with Gasteiger partial charge in [-0.1, -0.05) is 18.2 Å². The lowest BCUT2D eigenvalue weighted by atomic mass is 10.0. The van der Waals surface area contributed by atoms with Crippen molar-refractivity contribution in [3.05, 3.63) is 48.0 Å². The van der Waals surface area contributed by atoms with Crippen molar-refractivity contribution in [1.29, 1.82) is 0 Å². The highest BCUT2D eigenvalue weighted by atomic mass is 16.6. The zero-order valence-electron chi connectivity index (χ0n) is 16.7. The van der Waals surface area contributed by atoms with Gasteiger partial charge < -0.3 is 28.8 Å². The van der Waals surface area contributed by atoms with Gasteiger partial charge in [0.2, 0.25) is 0 Å². The average molecular weight is 404 g/mol. The fraction of sp³-hybridized carbons (Fsp3) is 0.333. The van der Waals surface area contributed by atoms with Gasteiger partial charge in [0.15, 0.2) is 35.2 Å². The predicted octanol–water partition coefficient (Wildman–Crippen LogP) is 3.02. The smallest absolute Gasteiger partial charge is 0.303 e. The quantitative estimate of drug-likeness (QED) is 0.637. The highest BCUT2D eigenvalue weighted by molar-refractivity contribution is 5.67. The number of ether oxygens (including phenoxy) is 5. The number of phenolic OH excluding ortho intramolecular Hbond substituents is 1. The van der Waals surface area contributed by atoms with E-state index in [1.807, 2.05) is 0 Å². The minimum absolute atomic E-state index is 0.0694. The van der Waals surface area contributed by atoms with Crippen LogP contribution < -0.4 is 14.2 Å². The molecule has 2 aromatic carbocycles. The number of rotatable bonds is 9. The molecule has 29 heavy (non-hydrogen) atoms. The Bertz CT molecular complexity index is 848. The summed E-state index contributed by atoms with van der Waals surface area (Å²) in [5.41, 5.74) is 0.488. The van der Waals surface area contributed by atoms with Crippen LogP contribution >= 0.6 is 0 Å².